The van der Waals surface area contributed by atoms with Crippen LogP contribution in [0.5, 0.6) is 0 Å². The molecule has 1 unspecified atom stereocenters. The molecule has 5 heteroatoms. The van der Waals surface area contributed by atoms with Crippen LogP contribution in [0.4, 0.5) is 14.5 Å². The first kappa shape index (κ1) is 15.0. The molecule has 0 aliphatic heterocycles. The van der Waals surface area contributed by atoms with Crippen molar-refractivity contribution in [3.05, 3.63) is 65.2 Å². The van der Waals surface area contributed by atoms with Gasteiger partial charge >= 0.3 is 0 Å². The molecule has 0 aliphatic rings. The number of nitrogens with one attached hydrogen (secondary N) is 1. The lowest BCUT2D eigenvalue weighted by Gasteiger charge is -2.15. The highest BCUT2D eigenvalue weighted by Crippen LogP contribution is 2.18. The van der Waals surface area contributed by atoms with Gasteiger partial charge in [-0.15, -0.1) is 0 Å². The monoisotopic (exact) mass is 290 g/mol. The number of anilines is 1. The van der Waals surface area contributed by atoms with Gasteiger partial charge in [-0.1, -0.05) is 18.2 Å². The third-order valence-corrected chi connectivity index (χ3v) is 3.12. The topological polar surface area (TPSA) is 55.1 Å². The summed E-state index contributed by atoms with van der Waals surface area (Å²) in [5.74, 6) is -1.57. The molecule has 3 N–H and O–H groups in total. The molecule has 2 aromatic rings. The van der Waals surface area contributed by atoms with Gasteiger partial charge in [0.2, 0.25) is 5.91 Å². The van der Waals surface area contributed by atoms with E-state index in [1.807, 2.05) is 0 Å². The summed E-state index contributed by atoms with van der Waals surface area (Å²) in [6.45, 7) is 1.65. The molecule has 0 bridgehead atoms. The summed E-state index contributed by atoms with van der Waals surface area (Å²) in [5, 5.41) is 2.68. The molecule has 0 radical (unpaired) electrons. The number of carbonyl (C=O) groups excluding carboxylic acids is 1. The standard InChI is InChI=1S/C16H16F2N2O/c1-10(14-6-5-12(17)9-15(14)18)20-16(21)8-11-3-2-4-13(19)7-11/h2-7,9-10H,8,19H2,1H3,(H,20,21). The molecule has 2 aromatic carbocycles. The highest BCUT2D eigenvalue weighted by atomic mass is 19.1. The third-order valence-electron chi connectivity index (χ3n) is 3.12. The highest BCUT2D eigenvalue weighted by molar-refractivity contribution is 5.79. The van der Waals surface area contributed by atoms with Gasteiger partial charge in [0.05, 0.1) is 12.5 Å². The Labute approximate surface area is 121 Å². The maximum Gasteiger partial charge on any atom is 0.224 e. The van der Waals surface area contributed by atoms with Crippen LogP contribution in [0.15, 0.2) is 42.5 Å². The number of amides is 1. The maximum atomic E-state index is 13.6. The molecule has 21 heavy (non-hydrogen) atoms. The van der Waals surface area contributed by atoms with Crippen molar-refractivity contribution >= 4 is 11.6 Å². The van der Waals surface area contributed by atoms with Gasteiger partial charge in [0.15, 0.2) is 0 Å². The molecule has 3 nitrogen and oxygen atoms in total. The molecule has 1 amide bonds. The molecule has 0 aliphatic carbocycles. The number of nitrogens with two attached hydrogens (primary N) is 1. The lowest BCUT2D eigenvalue weighted by atomic mass is 10.1. The van der Waals surface area contributed by atoms with Gasteiger partial charge in [-0.2, -0.15) is 0 Å². The molecule has 0 fully saturated rings. The minimum Gasteiger partial charge on any atom is -0.399 e. The number of rotatable bonds is 4. The Morgan fingerprint density at radius 1 is 1.24 bits per heavy atom. The van der Waals surface area contributed by atoms with Gasteiger partial charge < -0.3 is 11.1 Å². The number of hydrogen-bond acceptors (Lipinski definition) is 2. The van der Waals surface area contributed by atoms with Crippen LogP contribution >= 0.6 is 0 Å². The predicted molar refractivity (Wildman–Crippen MR) is 77.5 cm³/mol. The summed E-state index contributed by atoms with van der Waals surface area (Å²) < 4.78 is 26.5. The molecule has 0 aromatic heterocycles. The molecule has 2 rings (SSSR count). The van der Waals surface area contributed by atoms with E-state index in [4.69, 9.17) is 5.73 Å². The van der Waals surface area contributed by atoms with Crippen LogP contribution in [0.2, 0.25) is 0 Å². The van der Waals surface area contributed by atoms with Crippen molar-refractivity contribution in [2.75, 3.05) is 5.73 Å². The summed E-state index contributed by atoms with van der Waals surface area (Å²) in [6.07, 6.45) is 0.151. The zero-order valence-corrected chi connectivity index (χ0v) is 11.6. The fourth-order valence-electron chi connectivity index (χ4n) is 2.11. The third kappa shape index (κ3) is 4.02. The van der Waals surface area contributed by atoms with Crippen LogP contribution in [-0.2, 0) is 11.2 Å². The summed E-state index contributed by atoms with van der Waals surface area (Å²) >= 11 is 0. The lowest BCUT2D eigenvalue weighted by molar-refractivity contribution is -0.121. The molecule has 0 saturated carbocycles. The van der Waals surface area contributed by atoms with Gasteiger partial charge in [-0.25, -0.2) is 8.78 Å². The summed E-state index contributed by atoms with van der Waals surface area (Å²) in [4.78, 5) is 11.9. The quantitative estimate of drug-likeness (QED) is 0.851. The van der Waals surface area contributed by atoms with Gasteiger partial charge in [0.25, 0.3) is 0 Å². The number of halogens is 2. The molecule has 0 saturated heterocycles. The minimum atomic E-state index is -0.674. The molecule has 0 heterocycles. The first-order valence-electron chi connectivity index (χ1n) is 6.54. The van der Waals surface area contributed by atoms with Gasteiger partial charge in [-0.3, -0.25) is 4.79 Å². The molecular weight excluding hydrogens is 274 g/mol. The van der Waals surface area contributed by atoms with E-state index in [-0.39, 0.29) is 17.9 Å². The normalized spacial score (nSPS) is 12.0. The first-order valence-corrected chi connectivity index (χ1v) is 6.54. The van der Waals surface area contributed by atoms with Crippen LogP contribution in [0.1, 0.15) is 24.1 Å². The summed E-state index contributed by atoms with van der Waals surface area (Å²) in [6, 6.07) is 9.75. The van der Waals surface area contributed by atoms with Gasteiger partial charge in [0, 0.05) is 17.3 Å². The fourth-order valence-corrected chi connectivity index (χ4v) is 2.11. The molecule has 110 valence electrons. The van der Waals surface area contributed by atoms with Crippen LogP contribution in [-0.4, -0.2) is 5.91 Å². The van der Waals surface area contributed by atoms with Crippen LogP contribution in [0.3, 0.4) is 0 Å². The first-order chi connectivity index (χ1) is 9.95. The number of benzene rings is 2. The Kier molecular flexibility index (Phi) is 4.52. The predicted octanol–water partition coefficient (Wildman–Crippen LogP) is 2.97. The number of nitrogen functional groups attached to an aromatic ring is 1. The maximum absolute atomic E-state index is 13.6. The largest absolute Gasteiger partial charge is 0.399 e. The van der Waals surface area contributed by atoms with E-state index in [9.17, 15) is 13.6 Å². The highest BCUT2D eigenvalue weighted by Gasteiger charge is 2.14. The Hall–Kier alpha value is -2.43. The Morgan fingerprint density at radius 2 is 2.00 bits per heavy atom. The smallest absolute Gasteiger partial charge is 0.224 e. The minimum absolute atomic E-state index is 0.151. The average molecular weight is 290 g/mol. The van der Waals surface area contributed by atoms with Crippen molar-refractivity contribution in [2.45, 2.75) is 19.4 Å². The van der Waals surface area contributed by atoms with E-state index < -0.39 is 17.7 Å². The Balaban J connectivity index is 2.02. The van der Waals surface area contributed by atoms with Crippen molar-refractivity contribution in [2.24, 2.45) is 0 Å². The average Bonchev–Trinajstić information content (AvgIpc) is 2.38. The second-order valence-corrected chi connectivity index (χ2v) is 4.88. The number of hydrogen-bond donors (Lipinski definition) is 2. The van der Waals surface area contributed by atoms with Crippen LogP contribution in [0.25, 0.3) is 0 Å². The van der Waals surface area contributed by atoms with Crippen LogP contribution in [0, 0.1) is 11.6 Å². The number of carbonyl (C=O) groups is 1. The SMILES string of the molecule is CC(NC(=O)Cc1cccc(N)c1)c1ccc(F)cc1F. The van der Waals surface area contributed by atoms with E-state index >= 15 is 0 Å². The van der Waals surface area contributed by atoms with Gasteiger partial charge in [-0.05, 0) is 30.7 Å². The second kappa shape index (κ2) is 6.35. The van der Waals surface area contributed by atoms with Gasteiger partial charge in [0.1, 0.15) is 11.6 Å². The molecule has 0 spiro atoms. The Bertz CT molecular complexity index is 658. The fraction of sp³-hybridized carbons (Fsp3) is 0.188. The van der Waals surface area contributed by atoms with Crippen molar-refractivity contribution in [1.29, 1.82) is 0 Å². The molecular formula is C16H16F2N2O. The van der Waals surface area contributed by atoms with Crippen molar-refractivity contribution in [3.63, 3.8) is 0 Å². The van der Waals surface area contributed by atoms with Crippen LogP contribution < -0.4 is 11.1 Å². The molecule has 1 atom stereocenters. The second-order valence-electron chi connectivity index (χ2n) is 4.88. The van der Waals surface area contributed by atoms with E-state index in [1.165, 1.54) is 12.1 Å². The summed E-state index contributed by atoms with van der Waals surface area (Å²) in [7, 11) is 0. The van der Waals surface area contributed by atoms with E-state index in [1.54, 1.807) is 31.2 Å². The van der Waals surface area contributed by atoms with E-state index in [0.717, 1.165) is 11.6 Å². The zero-order chi connectivity index (χ0) is 15.4. The van der Waals surface area contributed by atoms with Crippen molar-refractivity contribution < 1.29 is 13.6 Å². The van der Waals surface area contributed by atoms with Crippen molar-refractivity contribution in [1.82, 2.24) is 5.32 Å². The zero-order valence-electron chi connectivity index (χ0n) is 11.6. The van der Waals surface area contributed by atoms with E-state index in [0.29, 0.717) is 5.69 Å². The lowest BCUT2D eigenvalue weighted by Crippen LogP contribution is -2.28. The van der Waals surface area contributed by atoms with Crippen molar-refractivity contribution in [3.8, 4) is 0 Å². The summed E-state index contributed by atoms with van der Waals surface area (Å²) in [5.41, 5.74) is 7.25. The Morgan fingerprint density at radius 3 is 2.67 bits per heavy atom. The van der Waals surface area contributed by atoms with E-state index in [2.05, 4.69) is 5.32 Å².